The fraction of sp³-hybridized carbons (Fsp3) is 0. The number of aromatic amines is 2. The third kappa shape index (κ3) is 5.99. The van der Waals surface area contributed by atoms with Crippen LogP contribution in [0.5, 0.6) is 0 Å². The van der Waals surface area contributed by atoms with Gasteiger partial charge in [-0.05, 0) is 97.1 Å². The number of rotatable bonds is 1. The molecule has 0 radical (unpaired) electrons. The van der Waals surface area contributed by atoms with Crippen LogP contribution in [0, 0.1) is 0 Å². The zero-order valence-corrected chi connectivity index (χ0v) is 21.0. The van der Waals surface area contributed by atoms with Gasteiger partial charge in [0.05, 0.1) is 34.2 Å². The normalized spacial score (nSPS) is 11.4. The average molecular weight is 519 g/mol. The first kappa shape index (κ1) is 24.1. The molecular weight excluding hydrogens is 496 g/mol. The number of hydrogen-bond donors (Lipinski definition) is 2. The minimum Gasteiger partial charge on any atom is -0.355 e. The van der Waals surface area contributed by atoms with Crippen molar-refractivity contribution in [3.05, 3.63) is 120 Å². The summed E-state index contributed by atoms with van der Waals surface area (Å²) in [7, 11) is 0. The molecule has 178 valence electrons. The van der Waals surface area contributed by atoms with Crippen molar-refractivity contribution in [2.75, 3.05) is 0 Å². The Labute approximate surface area is 224 Å². The monoisotopic (exact) mass is 518 g/mol. The maximum Gasteiger partial charge on any atom is 0.0886 e. The van der Waals surface area contributed by atoms with Crippen LogP contribution in [0.2, 0.25) is 0 Å². The molecule has 5 aromatic rings. The average Bonchev–Trinajstić information content (AvgIpc) is 3.72. The Kier molecular flexibility index (Phi) is 7.18. The molecule has 7 rings (SSSR count). The minimum absolute atomic E-state index is 0. The molecule has 0 spiro atoms. The van der Waals surface area contributed by atoms with Crippen LogP contribution in [0.1, 0.15) is 22.8 Å². The zero-order chi connectivity index (χ0) is 24.2. The first-order chi connectivity index (χ1) is 17.8. The van der Waals surface area contributed by atoms with Gasteiger partial charge in [-0.3, -0.25) is 9.97 Å². The molecule has 37 heavy (non-hydrogen) atoms. The molecule has 6 nitrogen and oxygen atoms in total. The van der Waals surface area contributed by atoms with Crippen LogP contribution in [0.3, 0.4) is 0 Å². The Balaban J connectivity index is 0.000000183. The first-order valence-corrected chi connectivity index (χ1v) is 11.6. The zero-order valence-electron chi connectivity index (χ0n) is 19.7. The van der Waals surface area contributed by atoms with E-state index in [0.717, 1.165) is 56.2 Å². The molecule has 0 saturated heterocycles. The summed E-state index contributed by atoms with van der Waals surface area (Å²) in [6.45, 7) is 0. The van der Waals surface area contributed by atoms with Crippen molar-refractivity contribution >= 4 is 46.4 Å². The topological polar surface area (TPSA) is 83.1 Å². The molecule has 0 saturated carbocycles. The molecule has 7 heterocycles. The van der Waals surface area contributed by atoms with Crippen LogP contribution < -0.4 is 0 Å². The van der Waals surface area contributed by atoms with Crippen LogP contribution in [-0.4, -0.2) is 29.9 Å². The van der Waals surface area contributed by atoms with Gasteiger partial charge in [-0.25, -0.2) is 9.97 Å². The fourth-order valence-electron chi connectivity index (χ4n) is 3.97. The van der Waals surface area contributed by atoms with Crippen molar-refractivity contribution in [2.24, 2.45) is 0 Å². The molecule has 7 heteroatoms. The van der Waals surface area contributed by atoms with Gasteiger partial charge < -0.3 is 9.97 Å². The fourth-order valence-corrected chi connectivity index (χ4v) is 3.97. The number of fused-ring (bicyclic) bond motifs is 8. The van der Waals surface area contributed by atoms with Gasteiger partial charge in [-0.15, -0.1) is 0 Å². The van der Waals surface area contributed by atoms with E-state index in [9.17, 15) is 0 Å². The Morgan fingerprint density at radius 3 is 1.24 bits per heavy atom. The third-order valence-electron chi connectivity index (χ3n) is 5.63. The Hall–Kier alpha value is -4.57. The van der Waals surface area contributed by atoms with Gasteiger partial charge in [0.1, 0.15) is 0 Å². The van der Waals surface area contributed by atoms with Crippen molar-refractivity contribution < 1.29 is 17.4 Å². The van der Waals surface area contributed by atoms with Crippen LogP contribution in [0.15, 0.2) is 97.3 Å². The summed E-state index contributed by atoms with van der Waals surface area (Å²) in [6.07, 6.45) is 11.6. The predicted octanol–water partition coefficient (Wildman–Crippen LogP) is 6.80. The molecule has 2 aliphatic rings. The van der Waals surface area contributed by atoms with E-state index in [0.29, 0.717) is 0 Å². The van der Waals surface area contributed by atoms with E-state index in [1.54, 1.807) is 12.4 Å². The Morgan fingerprint density at radius 2 is 0.838 bits per heavy atom. The summed E-state index contributed by atoms with van der Waals surface area (Å²) in [5.74, 6) is 0. The van der Waals surface area contributed by atoms with Gasteiger partial charge in [-0.2, -0.15) is 0 Å². The van der Waals surface area contributed by atoms with E-state index < -0.39 is 0 Å². The molecule has 0 amide bonds. The summed E-state index contributed by atoms with van der Waals surface area (Å²) in [5.41, 5.74) is 9.69. The number of nitrogens with zero attached hydrogens (tertiary/aromatic N) is 4. The van der Waals surface area contributed by atoms with E-state index in [-0.39, 0.29) is 17.4 Å². The predicted molar refractivity (Wildman–Crippen MR) is 146 cm³/mol. The smallest absolute Gasteiger partial charge is 0.0886 e. The maximum absolute atomic E-state index is 4.62. The molecule has 0 unspecified atom stereocenters. The first-order valence-electron chi connectivity index (χ1n) is 11.6. The quantitative estimate of drug-likeness (QED) is 0.251. The Bertz CT molecular complexity index is 1610. The van der Waals surface area contributed by atoms with Gasteiger partial charge in [-0.1, -0.05) is 12.1 Å². The van der Waals surface area contributed by atoms with Crippen LogP contribution >= 0.6 is 0 Å². The SMILES string of the molecule is C1=Cc2cc3ccc(cc4ccc(cc5nc(cc1n2)C=C5)[nH]4)[nH]3.[Cr].c1ccc(-c2ccccn2)nc1. The molecule has 0 aromatic carbocycles. The van der Waals surface area contributed by atoms with E-state index in [1.807, 2.05) is 78.9 Å². The van der Waals surface area contributed by atoms with Gasteiger partial charge in [0.2, 0.25) is 0 Å². The molecule has 5 aromatic heterocycles. The number of H-pyrrole nitrogens is 2. The van der Waals surface area contributed by atoms with Crippen molar-refractivity contribution in [1.82, 2.24) is 29.9 Å². The van der Waals surface area contributed by atoms with Crippen LogP contribution in [0.4, 0.5) is 0 Å². The molecular formula is C30H22CrN6. The summed E-state index contributed by atoms with van der Waals surface area (Å²) >= 11 is 0. The van der Waals surface area contributed by atoms with Gasteiger partial charge >= 0.3 is 0 Å². The maximum atomic E-state index is 4.62. The Morgan fingerprint density at radius 1 is 0.432 bits per heavy atom. The summed E-state index contributed by atoms with van der Waals surface area (Å²) in [5, 5.41) is 0. The molecule has 0 fully saturated rings. The van der Waals surface area contributed by atoms with Crippen LogP contribution in [-0.2, 0) is 17.4 Å². The standard InChI is InChI=1S/C20H14N4.C10H8N2.Cr/c1-2-14-10-16-5-6-18(23-16)12-20-8-7-19(24-20)11-17-4-3-15(22-17)9-13(1)21-14;1-3-7-11-9(5-1)10-6-2-4-8-12-10;/h1-12,21-22H;1-8H;. The molecule has 0 aliphatic carbocycles. The van der Waals surface area contributed by atoms with E-state index >= 15 is 0 Å². The molecule has 2 aliphatic heterocycles. The van der Waals surface area contributed by atoms with Crippen molar-refractivity contribution in [1.29, 1.82) is 0 Å². The number of pyridine rings is 2. The van der Waals surface area contributed by atoms with Crippen molar-refractivity contribution in [2.45, 2.75) is 0 Å². The van der Waals surface area contributed by atoms with Gasteiger partial charge in [0.25, 0.3) is 0 Å². The second-order valence-electron chi connectivity index (χ2n) is 8.34. The van der Waals surface area contributed by atoms with Crippen molar-refractivity contribution in [3.8, 4) is 11.4 Å². The number of aromatic nitrogens is 6. The molecule has 8 bridgehead atoms. The second kappa shape index (κ2) is 11.0. The summed E-state index contributed by atoms with van der Waals surface area (Å²) in [4.78, 5) is 24.4. The van der Waals surface area contributed by atoms with Crippen LogP contribution in [0.25, 0.3) is 57.8 Å². The van der Waals surface area contributed by atoms with Gasteiger partial charge in [0, 0.05) is 51.8 Å². The largest absolute Gasteiger partial charge is 0.355 e. The third-order valence-corrected chi connectivity index (χ3v) is 5.63. The molecule has 0 atom stereocenters. The van der Waals surface area contributed by atoms with E-state index in [2.05, 4.69) is 60.2 Å². The number of hydrogen-bond acceptors (Lipinski definition) is 4. The summed E-state index contributed by atoms with van der Waals surface area (Å²) < 4.78 is 0. The minimum atomic E-state index is 0. The summed E-state index contributed by atoms with van der Waals surface area (Å²) in [6, 6.07) is 28.0. The van der Waals surface area contributed by atoms with Crippen molar-refractivity contribution in [3.63, 3.8) is 0 Å². The second-order valence-corrected chi connectivity index (χ2v) is 8.34. The van der Waals surface area contributed by atoms with E-state index in [1.165, 1.54) is 0 Å². The number of nitrogens with one attached hydrogen (secondary N) is 2. The molecule has 2 N–H and O–H groups in total. The van der Waals surface area contributed by atoms with E-state index in [4.69, 9.17) is 0 Å². The van der Waals surface area contributed by atoms with Gasteiger partial charge in [0.15, 0.2) is 0 Å².